The Morgan fingerprint density at radius 1 is 1.12 bits per heavy atom. The lowest BCUT2D eigenvalue weighted by molar-refractivity contribution is 0.404. The summed E-state index contributed by atoms with van der Waals surface area (Å²) in [5.41, 5.74) is 1.11. The first-order valence-electron chi connectivity index (χ1n) is 6.68. The Morgan fingerprint density at radius 2 is 1.88 bits per heavy atom. The molecule has 0 aromatic heterocycles. The van der Waals surface area contributed by atoms with Gasteiger partial charge < -0.3 is 10.2 Å². The molecular weight excluding hydrogens is 211 g/mol. The van der Waals surface area contributed by atoms with E-state index in [1.165, 1.54) is 32.1 Å². The summed E-state index contributed by atoms with van der Waals surface area (Å²) in [6.07, 6.45) is 6.28. The molecule has 0 aliphatic carbocycles. The van der Waals surface area contributed by atoms with Gasteiger partial charge in [-0.2, -0.15) is 0 Å². The van der Waals surface area contributed by atoms with Crippen LogP contribution in [-0.4, -0.2) is 17.5 Å². The van der Waals surface area contributed by atoms with Gasteiger partial charge in [0.05, 0.1) is 0 Å². The van der Waals surface area contributed by atoms with Crippen LogP contribution < -0.4 is 5.46 Å². The van der Waals surface area contributed by atoms with Crippen LogP contribution in [-0.2, 0) is 0 Å². The summed E-state index contributed by atoms with van der Waals surface area (Å²) in [6.45, 7) is 4.44. The minimum absolute atomic E-state index is 0.00842. The molecule has 0 spiro atoms. The van der Waals surface area contributed by atoms with Crippen molar-refractivity contribution in [3.05, 3.63) is 18.2 Å². The molecule has 1 atom stereocenters. The van der Waals surface area contributed by atoms with E-state index in [0.29, 0.717) is 5.82 Å². The first-order valence-corrected chi connectivity index (χ1v) is 6.68. The highest BCUT2D eigenvalue weighted by Gasteiger charge is 2.10. The molecule has 2 N–H and O–H groups in total. The highest BCUT2D eigenvalue weighted by Crippen LogP contribution is 2.23. The Labute approximate surface area is 105 Å². The number of phenols is 2. The van der Waals surface area contributed by atoms with Gasteiger partial charge in [-0.05, 0) is 12.1 Å². The van der Waals surface area contributed by atoms with Crippen LogP contribution in [0.2, 0.25) is 5.82 Å². The van der Waals surface area contributed by atoms with E-state index in [1.54, 1.807) is 12.1 Å². The van der Waals surface area contributed by atoms with Gasteiger partial charge in [-0.3, -0.25) is 0 Å². The van der Waals surface area contributed by atoms with Crippen LogP contribution >= 0.6 is 0 Å². The van der Waals surface area contributed by atoms with Crippen molar-refractivity contribution in [2.75, 3.05) is 0 Å². The van der Waals surface area contributed by atoms with Gasteiger partial charge in [-0.1, -0.05) is 63.3 Å². The van der Waals surface area contributed by atoms with Gasteiger partial charge in [0.15, 0.2) is 18.8 Å². The van der Waals surface area contributed by atoms with Crippen molar-refractivity contribution < 1.29 is 10.2 Å². The maximum absolute atomic E-state index is 9.45. The van der Waals surface area contributed by atoms with Gasteiger partial charge in [0.2, 0.25) is 0 Å². The number of hydrogen-bond donors (Lipinski definition) is 2. The monoisotopic (exact) mass is 234 g/mol. The molecule has 0 radical (unpaired) electrons. The zero-order chi connectivity index (χ0) is 12.7. The van der Waals surface area contributed by atoms with E-state index in [4.69, 9.17) is 0 Å². The minimum atomic E-state index is -0.0345. The Morgan fingerprint density at radius 3 is 2.47 bits per heavy atom. The topological polar surface area (TPSA) is 40.5 Å². The van der Waals surface area contributed by atoms with E-state index in [1.807, 2.05) is 6.07 Å². The molecule has 1 aromatic rings. The van der Waals surface area contributed by atoms with E-state index in [9.17, 15) is 10.2 Å². The van der Waals surface area contributed by atoms with Crippen molar-refractivity contribution in [1.82, 2.24) is 0 Å². The van der Waals surface area contributed by atoms with E-state index < -0.39 is 0 Å². The fourth-order valence-electron chi connectivity index (χ4n) is 2.16. The second-order valence-electron chi connectivity index (χ2n) is 4.80. The van der Waals surface area contributed by atoms with Gasteiger partial charge in [-0.15, -0.1) is 0 Å². The Balaban J connectivity index is 2.51. The molecule has 1 aromatic carbocycles. The minimum Gasteiger partial charge on any atom is -0.504 e. The second kappa shape index (κ2) is 7.26. The molecule has 1 unspecified atom stereocenters. The maximum Gasteiger partial charge on any atom is 0.161 e. The molecule has 0 saturated heterocycles. The lowest BCUT2D eigenvalue weighted by Gasteiger charge is -2.13. The number of benzene rings is 1. The van der Waals surface area contributed by atoms with Crippen LogP contribution in [0.25, 0.3) is 0 Å². The summed E-state index contributed by atoms with van der Waals surface area (Å²) in [5, 5.41) is 18.7. The molecule has 0 saturated carbocycles. The Hall–Kier alpha value is -1.12. The first kappa shape index (κ1) is 13.9. The molecule has 0 heterocycles. The average Bonchev–Trinajstić information content (AvgIpc) is 2.32. The fourth-order valence-corrected chi connectivity index (χ4v) is 2.16. The predicted molar refractivity (Wildman–Crippen MR) is 74.7 cm³/mol. The first-order chi connectivity index (χ1) is 8.17. The third-order valence-electron chi connectivity index (χ3n) is 3.36. The number of hydrogen-bond acceptors (Lipinski definition) is 2. The molecule has 0 amide bonds. The predicted octanol–water partition coefficient (Wildman–Crippen LogP) is 2.94. The third-order valence-corrected chi connectivity index (χ3v) is 3.36. The standard InChI is InChI=1S/C14H23BO2/c1-3-5-6-7-11(4-2)15-12-8-9-13(16)14(17)10-12/h8-11,15-17H,3-7H2,1-2H3. The zero-order valence-corrected chi connectivity index (χ0v) is 10.9. The normalized spacial score (nSPS) is 12.4. The lowest BCUT2D eigenvalue weighted by Crippen LogP contribution is -2.19. The molecule has 0 bridgehead atoms. The van der Waals surface area contributed by atoms with Crippen molar-refractivity contribution in [3.63, 3.8) is 0 Å². The third kappa shape index (κ3) is 4.72. The van der Waals surface area contributed by atoms with Crippen molar-refractivity contribution >= 4 is 12.7 Å². The molecule has 17 heavy (non-hydrogen) atoms. The Kier molecular flexibility index (Phi) is 5.95. The molecule has 1 rings (SSSR count). The summed E-state index contributed by atoms with van der Waals surface area (Å²) in [7, 11) is 0.994. The molecule has 94 valence electrons. The van der Waals surface area contributed by atoms with Gasteiger partial charge in [0, 0.05) is 0 Å². The number of rotatable bonds is 7. The van der Waals surface area contributed by atoms with Crippen molar-refractivity contribution in [2.45, 2.75) is 51.8 Å². The second-order valence-corrected chi connectivity index (χ2v) is 4.80. The van der Waals surface area contributed by atoms with Crippen LogP contribution in [0.1, 0.15) is 46.0 Å². The van der Waals surface area contributed by atoms with Crippen LogP contribution in [0.4, 0.5) is 0 Å². The van der Waals surface area contributed by atoms with Crippen LogP contribution in [0, 0.1) is 0 Å². The zero-order valence-electron chi connectivity index (χ0n) is 10.9. The van der Waals surface area contributed by atoms with Crippen LogP contribution in [0.3, 0.4) is 0 Å². The number of aromatic hydroxyl groups is 2. The van der Waals surface area contributed by atoms with Gasteiger partial charge in [0.1, 0.15) is 0 Å². The largest absolute Gasteiger partial charge is 0.504 e. The lowest BCUT2D eigenvalue weighted by atomic mass is 9.56. The number of phenolic OH excluding ortho intramolecular Hbond substituents is 2. The number of unbranched alkanes of at least 4 members (excludes halogenated alkanes) is 2. The Bertz CT molecular complexity index is 339. The summed E-state index contributed by atoms with van der Waals surface area (Å²) in [6, 6.07) is 5.15. The molecule has 2 nitrogen and oxygen atoms in total. The van der Waals surface area contributed by atoms with Crippen molar-refractivity contribution in [2.24, 2.45) is 0 Å². The fraction of sp³-hybridized carbons (Fsp3) is 0.571. The SMILES string of the molecule is CCCCCC(Bc1ccc(O)c(O)c1)CC. The average molecular weight is 234 g/mol. The van der Waals surface area contributed by atoms with Crippen LogP contribution in [0.15, 0.2) is 18.2 Å². The molecule has 3 heteroatoms. The van der Waals surface area contributed by atoms with Crippen molar-refractivity contribution in [1.29, 1.82) is 0 Å². The summed E-state index contributed by atoms with van der Waals surface area (Å²) >= 11 is 0. The molecule has 0 aliphatic heterocycles. The van der Waals surface area contributed by atoms with Gasteiger partial charge >= 0.3 is 0 Å². The van der Waals surface area contributed by atoms with Crippen molar-refractivity contribution in [3.8, 4) is 11.5 Å². The van der Waals surface area contributed by atoms with Gasteiger partial charge in [-0.25, -0.2) is 0 Å². The summed E-state index contributed by atoms with van der Waals surface area (Å²) in [5.74, 6) is 0.643. The van der Waals surface area contributed by atoms with E-state index in [0.717, 1.165) is 12.7 Å². The highest BCUT2D eigenvalue weighted by molar-refractivity contribution is 6.55. The molecule has 0 aliphatic rings. The van der Waals surface area contributed by atoms with Crippen LogP contribution in [0.5, 0.6) is 11.5 Å². The molecule has 0 fully saturated rings. The summed E-state index contributed by atoms with van der Waals surface area (Å²) < 4.78 is 0. The maximum atomic E-state index is 9.45. The quantitative estimate of drug-likeness (QED) is 0.432. The van der Waals surface area contributed by atoms with E-state index >= 15 is 0 Å². The smallest absolute Gasteiger partial charge is 0.161 e. The molecular formula is C14H23BO2. The van der Waals surface area contributed by atoms with Gasteiger partial charge in [0.25, 0.3) is 0 Å². The van der Waals surface area contributed by atoms with E-state index in [-0.39, 0.29) is 11.5 Å². The van der Waals surface area contributed by atoms with E-state index in [2.05, 4.69) is 13.8 Å². The highest BCUT2D eigenvalue weighted by atomic mass is 16.3. The summed E-state index contributed by atoms with van der Waals surface area (Å²) in [4.78, 5) is 0.